The van der Waals surface area contributed by atoms with Crippen LogP contribution in [0.3, 0.4) is 0 Å². The lowest BCUT2D eigenvalue weighted by atomic mass is 9.94. The monoisotopic (exact) mass is 280 g/mol. The molecule has 0 aromatic rings. The zero-order valence-electron chi connectivity index (χ0n) is 8.17. The maximum atomic E-state index is 11.0. The van der Waals surface area contributed by atoms with Gasteiger partial charge in [0.15, 0.2) is 5.09 Å². The fourth-order valence-corrected chi connectivity index (χ4v) is 3.18. The molecule has 0 saturated heterocycles. The molecule has 0 spiro atoms. The molecule has 1 aliphatic rings. The largest absolute Gasteiger partial charge is 0.486 e. The van der Waals surface area contributed by atoms with Gasteiger partial charge in [0.2, 0.25) is 0 Å². The second-order valence-corrected chi connectivity index (χ2v) is 5.12. The number of aliphatic carboxylic acids is 1. The summed E-state index contributed by atoms with van der Waals surface area (Å²) in [4.78, 5) is 11.0. The lowest BCUT2D eigenvalue weighted by molar-refractivity contribution is -0.144. The lowest BCUT2D eigenvalue weighted by Gasteiger charge is -2.16. The first kappa shape index (κ1) is 11.9. The molecule has 1 unspecified atom stereocenters. The highest BCUT2D eigenvalue weighted by Gasteiger charge is 2.44. The Labute approximate surface area is 96.0 Å². The van der Waals surface area contributed by atoms with Crippen molar-refractivity contribution in [1.82, 2.24) is 0 Å². The lowest BCUT2D eigenvalue weighted by Crippen LogP contribution is -2.27. The van der Waals surface area contributed by atoms with Gasteiger partial charge in [-0.05, 0) is 29.3 Å². The van der Waals surface area contributed by atoms with E-state index >= 15 is 0 Å². The van der Waals surface area contributed by atoms with Gasteiger partial charge >= 0.3 is 5.97 Å². The van der Waals surface area contributed by atoms with Crippen molar-refractivity contribution < 1.29 is 14.6 Å². The van der Waals surface area contributed by atoms with Gasteiger partial charge in [-0.15, -0.1) is 0 Å². The van der Waals surface area contributed by atoms with Gasteiger partial charge in [-0.25, -0.2) is 0 Å². The fraction of sp³-hybridized carbons (Fsp3) is 0.667. The average molecular weight is 281 g/mol. The van der Waals surface area contributed by atoms with Gasteiger partial charge in [0.25, 0.3) is 0 Å². The molecular formula is C9H13BrO3S. The molecular weight excluding hydrogens is 268 g/mol. The molecule has 0 aromatic heterocycles. The summed E-state index contributed by atoms with van der Waals surface area (Å²) in [6.45, 7) is 4.35. The summed E-state index contributed by atoms with van der Waals surface area (Å²) >= 11 is 4.77. The number of halogens is 1. The van der Waals surface area contributed by atoms with Crippen molar-refractivity contribution in [1.29, 1.82) is 0 Å². The first-order valence-corrected chi connectivity index (χ1v) is 6.19. The van der Waals surface area contributed by atoms with E-state index in [0.717, 1.165) is 11.5 Å². The van der Waals surface area contributed by atoms with Gasteiger partial charge in [0.05, 0.1) is 11.1 Å². The van der Waals surface area contributed by atoms with Gasteiger partial charge < -0.3 is 9.84 Å². The SMILES string of the molecule is CCCOC1=C(Br)C(C)(C(=O)O)CS1. The van der Waals surface area contributed by atoms with Crippen LogP contribution in [0, 0.1) is 5.41 Å². The molecule has 0 bridgehead atoms. The molecule has 1 rings (SSSR count). The summed E-state index contributed by atoms with van der Waals surface area (Å²) in [7, 11) is 0. The van der Waals surface area contributed by atoms with Crippen LogP contribution in [-0.4, -0.2) is 23.4 Å². The van der Waals surface area contributed by atoms with E-state index in [1.807, 2.05) is 6.92 Å². The van der Waals surface area contributed by atoms with Crippen LogP contribution in [0.5, 0.6) is 0 Å². The molecule has 1 aliphatic heterocycles. The summed E-state index contributed by atoms with van der Waals surface area (Å²) in [5.74, 6) is -0.283. The number of carbonyl (C=O) groups is 1. The molecule has 0 saturated carbocycles. The third-order valence-corrected chi connectivity index (χ3v) is 4.87. The van der Waals surface area contributed by atoms with E-state index in [2.05, 4.69) is 15.9 Å². The topological polar surface area (TPSA) is 46.5 Å². The summed E-state index contributed by atoms with van der Waals surface area (Å²) in [6, 6.07) is 0. The Balaban J connectivity index is 2.78. The molecule has 0 radical (unpaired) electrons. The molecule has 0 aromatic carbocycles. The molecule has 1 atom stereocenters. The summed E-state index contributed by atoms with van der Waals surface area (Å²) < 4.78 is 6.11. The van der Waals surface area contributed by atoms with Crippen molar-refractivity contribution in [2.75, 3.05) is 12.4 Å². The first-order chi connectivity index (χ1) is 6.52. The van der Waals surface area contributed by atoms with Crippen LogP contribution in [0.15, 0.2) is 9.57 Å². The van der Waals surface area contributed by atoms with Crippen LogP contribution < -0.4 is 0 Å². The quantitative estimate of drug-likeness (QED) is 0.860. The van der Waals surface area contributed by atoms with Crippen molar-refractivity contribution >= 4 is 33.7 Å². The second kappa shape index (κ2) is 4.57. The van der Waals surface area contributed by atoms with Crippen LogP contribution >= 0.6 is 27.7 Å². The van der Waals surface area contributed by atoms with Crippen molar-refractivity contribution in [3.8, 4) is 0 Å². The zero-order chi connectivity index (χ0) is 10.8. The van der Waals surface area contributed by atoms with E-state index in [0.29, 0.717) is 16.8 Å². The first-order valence-electron chi connectivity index (χ1n) is 4.41. The molecule has 1 heterocycles. The van der Waals surface area contributed by atoms with Crippen LogP contribution in [0.1, 0.15) is 20.3 Å². The molecule has 1 N–H and O–H groups in total. The molecule has 14 heavy (non-hydrogen) atoms. The van der Waals surface area contributed by atoms with E-state index in [-0.39, 0.29) is 0 Å². The van der Waals surface area contributed by atoms with Crippen LogP contribution in [0.4, 0.5) is 0 Å². The van der Waals surface area contributed by atoms with E-state index < -0.39 is 11.4 Å². The van der Waals surface area contributed by atoms with Gasteiger partial charge in [-0.3, -0.25) is 4.79 Å². The maximum Gasteiger partial charge on any atom is 0.315 e. The standard InChI is InChI=1S/C9H13BrO3S/c1-3-4-13-7-6(10)9(2,5-14-7)8(11)12/h3-5H2,1-2H3,(H,11,12). The van der Waals surface area contributed by atoms with Gasteiger partial charge in [0.1, 0.15) is 5.41 Å². The van der Waals surface area contributed by atoms with Gasteiger partial charge in [0, 0.05) is 5.75 Å². The van der Waals surface area contributed by atoms with Crippen molar-refractivity contribution in [2.45, 2.75) is 20.3 Å². The molecule has 3 nitrogen and oxygen atoms in total. The third-order valence-electron chi connectivity index (χ3n) is 2.06. The molecule has 5 heteroatoms. The highest BCUT2D eigenvalue weighted by atomic mass is 79.9. The molecule has 0 fully saturated rings. The highest BCUT2D eigenvalue weighted by molar-refractivity contribution is 9.11. The van der Waals surface area contributed by atoms with Gasteiger partial charge in [-0.2, -0.15) is 0 Å². The van der Waals surface area contributed by atoms with Crippen LogP contribution in [-0.2, 0) is 9.53 Å². The smallest absolute Gasteiger partial charge is 0.315 e. The minimum absolute atomic E-state index is 0.530. The molecule has 80 valence electrons. The van der Waals surface area contributed by atoms with E-state index in [9.17, 15) is 4.79 Å². The summed E-state index contributed by atoms with van der Waals surface area (Å²) in [6.07, 6.45) is 0.925. The fourth-order valence-electron chi connectivity index (χ4n) is 1.02. The molecule has 0 aliphatic carbocycles. The maximum absolute atomic E-state index is 11.0. The normalized spacial score (nSPS) is 26.8. The minimum atomic E-state index is -0.826. The molecule has 0 amide bonds. The Morgan fingerprint density at radius 3 is 2.86 bits per heavy atom. The van der Waals surface area contributed by atoms with Crippen molar-refractivity contribution in [2.24, 2.45) is 5.41 Å². The number of thioether (sulfide) groups is 1. The summed E-state index contributed by atoms with van der Waals surface area (Å²) in [5.41, 5.74) is -0.826. The van der Waals surface area contributed by atoms with Crippen molar-refractivity contribution in [3.05, 3.63) is 9.57 Å². The number of rotatable bonds is 4. The third kappa shape index (κ3) is 2.08. The number of carboxylic acid groups (broad SMARTS) is 1. The Kier molecular flexibility index (Phi) is 3.89. The minimum Gasteiger partial charge on any atom is -0.486 e. The zero-order valence-corrected chi connectivity index (χ0v) is 10.6. The Bertz CT molecular complexity index is 277. The highest BCUT2D eigenvalue weighted by Crippen LogP contribution is 2.48. The Hall–Kier alpha value is -0.160. The number of ether oxygens (including phenoxy) is 1. The number of hydrogen-bond acceptors (Lipinski definition) is 3. The van der Waals surface area contributed by atoms with E-state index in [1.165, 1.54) is 11.8 Å². The summed E-state index contributed by atoms with van der Waals surface area (Å²) in [5, 5.41) is 9.77. The van der Waals surface area contributed by atoms with Crippen LogP contribution in [0.2, 0.25) is 0 Å². The average Bonchev–Trinajstić information content (AvgIpc) is 2.43. The van der Waals surface area contributed by atoms with Gasteiger partial charge in [-0.1, -0.05) is 18.7 Å². The second-order valence-electron chi connectivity index (χ2n) is 3.38. The predicted molar refractivity (Wildman–Crippen MR) is 60.4 cm³/mol. The number of hydrogen-bond donors (Lipinski definition) is 1. The Morgan fingerprint density at radius 2 is 2.43 bits per heavy atom. The predicted octanol–water partition coefficient (Wildman–Crippen LogP) is 2.81. The van der Waals surface area contributed by atoms with E-state index in [1.54, 1.807) is 6.92 Å². The Morgan fingerprint density at radius 1 is 1.79 bits per heavy atom. The van der Waals surface area contributed by atoms with Crippen molar-refractivity contribution in [3.63, 3.8) is 0 Å². The van der Waals surface area contributed by atoms with Crippen LogP contribution in [0.25, 0.3) is 0 Å². The van der Waals surface area contributed by atoms with E-state index in [4.69, 9.17) is 9.84 Å². The number of carboxylic acids is 1.